The molecule has 2 aromatic rings. The first kappa shape index (κ1) is 17.6. The van der Waals surface area contributed by atoms with E-state index in [9.17, 15) is 14.0 Å². The molecule has 0 spiro atoms. The van der Waals surface area contributed by atoms with Crippen molar-refractivity contribution in [1.82, 2.24) is 5.32 Å². The summed E-state index contributed by atoms with van der Waals surface area (Å²) in [5.74, 6) is -1.38. The monoisotopic (exact) mass is 404 g/mol. The van der Waals surface area contributed by atoms with Crippen molar-refractivity contribution in [3.8, 4) is 0 Å². The molecule has 1 heterocycles. The highest BCUT2D eigenvalue weighted by molar-refractivity contribution is 9.10. The Labute approximate surface area is 154 Å². The van der Waals surface area contributed by atoms with Gasteiger partial charge in [0.2, 0.25) is 11.8 Å². The zero-order valence-corrected chi connectivity index (χ0v) is 15.3. The third-order valence-electron chi connectivity index (χ3n) is 4.37. The van der Waals surface area contributed by atoms with E-state index in [0.29, 0.717) is 0 Å². The Morgan fingerprint density at radius 1 is 1.24 bits per heavy atom. The van der Waals surface area contributed by atoms with E-state index in [0.717, 1.165) is 10.0 Å². The fraction of sp³-hybridized carbons (Fsp3) is 0.263. The van der Waals surface area contributed by atoms with Crippen LogP contribution in [0, 0.1) is 11.7 Å². The average molecular weight is 405 g/mol. The Morgan fingerprint density at radius 2 is 1.92 bits per heavy atom. The van der Waals surface area contributed by atoms with Crippen molar-refractivity contribution in [2.45, 2.75) is 19.4 Å². The highest BCUT2D eigenvalue weighted by atomic mass is 79.9. The molecule has 3 rings (SSSR count). The molecule has 6 heteroatoms. The smallest absolute Gasteiger partial charge is 0.227 e. The van der Waals surface area contributed by atoms with Gasteiger partial charge in [0.25, 0.3) is 0 Å². The first-order valence-corrected chi connectivity index (χ1v) is 8.86. The molecule has 0 aliphatic carbocycles. The summed E-state index contributed by atoms with van der Waals surface area (Å²) in [6, 6.07) is 13.6. The van der Waals surface area contributed by atoms with Crippen molar-refractivity contribution in [1.29, 1.82) is 0 Å². The van der Waals surface area contributed by atoms with Crippen LogP contribution in [0.4, 0.5) is 10.1 Å². The number of para-hydroxylation sites is 1. The van der Waals surface area contributed by atoms with Gasteiger partial charge in [0.15, 0.2) is 0 Å². The molecule has 0 saturated carbocycles. The normalized spacial score (nSPS) is 18.3. The van der Waals surface area contributed by atoms with Gasteiger partial charge >= 0.3 is 0 Å². The highest BCUT2D eigenvalue weighted by Gasteiger charge is 2.36. The minimum atomic E-state index is -0.489. The molecular formula is C19H18BrFN2O2. The number of rotatable bonds is 4. The van der Waals surface area contributed by atoms with Crippen LogP contribution in [0.3, 0.4) is 0 Å². The Balaban J connectivity index is 1.69. The first-order valence-electron chi connectivity index (χ1n) is 8.07. The van der Waals surface area contributed by atoms with Crippen LogP contribution in [0.2, 0.25) is 0 Å². The van der Waals surface area contributed by atoms with E-state index in [1.54, 1.807) is 18.2 Å². The summed E-state index contributed by atoms with van der Waals surface area (Å²) in [5.41, 5.74) is 1.19. The van der Waals surface area contributed by atoms with Gasteiger partial charge in [-0.15, -0.1) is 0 Å². The van der Waals surface area contributed by atoms with E-state index in [1.807, 2.05) is 31.2 Å². The Morgan fingerprint density at radius 3 is 2.64 bits per heavy atom. The molecule has 1 N–H and O–H groups in total. The van der Waals surface area contributed by atoms with Gasteiger partial charge in [-0.05, 0) is 30.7 Å². The summed E-state index contributed by atoms with van der Waals surface area (Å²) in [6.45, 7) is 2.08. The number of halogens is 2. The fourth-order valence-corrected chi connectivity index (χ4v) is 3.65. The summed E-state index contributed by atoms with van der Waals surface area (Å²) in [5, 5.41) is 2.94. The number of benzene rings is 2. The summed E-state index contributed by atoms with van der Waals surface area (Å²) in [6.07, 6.45) is 0.0862. The largest absolute Gasteiger partial charge is 0.349 e. The van der Waals surface area contributed by atoms with Crippen molar-refractivity contribution < 1.29 is 14.0 Å². The first-order chi connectivity index (χ1) is 12.0. The quantitative estimate of drug-likeness (QED) is 0.841. The van der Waals surface area contributed by atoms with E-state index in [4.69, 9.17) is 0 Å². The predicted molar refractivity (Wildman–Crippen MR) is 97.6 cm³/mol. The topological polar surface area (TPSA) is 49.4 Å². The molecule has 4 nitrogen and oxygen atoms in total. The highest BCUT2D eigenvalue weighted by Crippen LogP contribution is 2.28. The minimum Gasteiger partial charge on any atom is -0.349 e. The van der Waals surface area contributed by atoms with Gasteiger partial charge in [-0.2, -0.15) is 0 Å². The van der Waals surface area contributed by atoms with E-state index < -0.39 is 11.7 Å². The number of nitrogens with zero attached hydrogens (tertiary/aromatic N) is 1. The van der Waals surface area contributed by atoms with Crippen molar-refractivity contribution in [3.05, 3.63) is 64.4 Å². The van der Waals surface area contributed by atoms with Gasteiger partial charge in [0, 0.05) is 17.4 Å². The van der Waals surface area contributed by atoms with Gasteiger partial charge in [-0.1, -0.05) is 46.3 Å². The maximum absolute atomic E-state index is 13.9. The van der Waals surface area contributed by atoms with E-state index >= 15 is 0 Å². The Hall–Kier alpha value is -2.21. The molecule has 130 valence electrons. The maximum Gasteiger partial charge on any atom is 0.227 e. The minimum absolute atomic E-state index is 0.0862. The summed E-state index contributed by atoms with van der Waals surface area (Å²) < 4.78 is 14.8. The number of carbonyl (C=O) groups excluding carboxylic acids is 2. The van der Waals surface area contributed by atoms with Crippen LogP contribution in [0.5, 0.6) is 0 Å². The van der Waals surface area contributed by atoms with Crippen molar-refractivity contribution >= 4 is 33.4 Å². The van der Waals surface area contributed by atoms with Gasteiger partial charge in [-0.25, -0.2) is 4.39 Å². The number of hydrogen-bond acceptors (Lipinski definition) is 2. The number of amides is 2. The maximum atomic E-state index is 13.9. The summed E-state index contributed by atoms with van der Waals surface area (Å²) in [7, 11) is 0. The number of anilines is 1. The molecule has 2 atom stereocenters. The zero-order valence-electron chi connectivity index (χ0n) is 13.7. The molecule has 1 aliphatic rings. The van der Waals surface area contributed by atoms with Gasteiger partial charge in [0.1, 0.15) is 5.82 Å². The van der Waals surface area contributed by atoms with Crippen molar-refractivity contribution in [3.63, 3.8) is 0 Å². The molecule has 0 aromatic heterocycles. The van der Waals surface area contributed by atoms with E-state index in [2.05, 4.69) is 21.2 Å². The van der Waals surface area contributed by atoms with Crippen LogP contribution in [0.1, 0.15) is 24.9 Å². The molecule has 25 heavy (non-hydrogen) atoms. The van der Waals surface area contributed by atoms with E-state index in [-0.39, 0.29) is 36.5 Å². The molecule has 1 fully saturated rings. The molecule has 1 saturated heterocycles. The molecule has 2 amide bonds. The zero-order chi connectivity index (χ0) is 18.0. The van der Waals surface area contributed by atoms with Crippen LogP contribution in [0.25, 0.3) is 0 Å². The fourth-order valence-electron chi connectivity index (χ4n) is 3.02. The number of hydrogen-bond donors (Lipinski definition) is 1. The predicted octanol–water partition coefficient (Wildman–Crippen LogP) is 3.82. The van der Waals surface area contributed by atoms with Crippen LogP contribution in [0.15, 0.2) is 53.0 Å². The van der Waals surface area contributed by atoms with Gasteiger partial charge in [0.05, 0.1) is 17.6 Å². The molecule has 0 unspecified atom stereocenters. The van der Waals surface area contributed by atoms with Crippen LogP contribution < -0.4 is 10.2 Å². The number of nitrogens with one attached hydrogen (secondary N) is 1. The lowest BCUT2D eigenvalue weighted by Crippen LogP contribution is -2.34. The lowest BCUT2D eigenvalue weighted by atomic mass is 10.1. The van der Waals surface area contributed by atoms with Crippen LogP contribution >= 0.6 is 15.9 Å². The average Bonchev–Trinajstić information content (AvgIpc) is 2.97. The van der Waals surface area contributed by atoms with Crippen LogP contribution in [-0.4, -0.2) is 18.4 Å². The number of carbonyl (C=O) groups is 2. The summed E-state index contributed by atoms with van der Waals surface area (Å²) >= 11 is 3.47. The van der Waals surface area contributed by atoms with Crippen LogP contribution in [-0.2, 0) is 9.59 Å². The standard InChI is InChI=1S/C19H18BrFN2O2/c1-12(14-6-2-3-7-15(14)20)22-19(25)13-10-18(24)23(11-13)17-9-5-4-8-16(17)21/h2-9,12-13H,10-11H2,1H3,(H,22,25)/t12-,13+/m0/s1. The molecule has 2 aromatic carbocycles. The van der Waals surface area contributed by atoms with E-state index in [1.165, 1.54) is 11.0 Å². The van der Waals surface area contributed by atoms with Gasteiger partial charge < -0.3 is 10.2 Å². The summed E-state index contributed by atoms with van der Waals surface area (Å²) in [4.78, 5) is 26.1. The third kappa shape index (κ3) is 3.74. The van der Waals surface area contributed by atoms with Crippen molar-refractivity contribution in [2.24, 2.45) is 5.92 Å². The third-order valence-corrected chi connectivity index (χ3v) is 5.09. The second-order valence-electron chi connectivity index (χ2n) is 6.11. The Kier molecular flexibility index (Phi) is 5.18. The second-order valence-corrected chi connectivity index (χ2v) is 6.96. The molecule has 0 bridgehead atoms. The van der Waals surface area contributed by atoms with Gasteiger partial charge in [-0.3, -0.25) is 9.59 Å². The lowest BCUT2D eigenvalue weighted by molar-refractivity contribution is -0.126. The molecule has 1 aliphatic heterocycles. The van der Waals surface area contributed by atoms with Crippen molar-refractivity contribution in [2.75, 3.05) is 11.4 Å². The second kappa shape index (κ2) is 7.35. The molecule has 0 radical (unpaired) electrons. The molecular weight excluding hydrogens is 387 g/mol. The Bertz CT molecular complexity index is 812. The lowest BCUT2D eigenvalue weighted by Gasteiger charge is -2.19. The SMILES string of the molecule is C[C@H](NC(=O)[C@@H]1CC(=O)N(c2ccccc2F)C1)c1ccccc1Br.